The molecule has 0 atom stereocenters. The number of hydrogen-bond donors (Lipinski definition) is 1. The van der Waals surface area contributed by atoms with Gasteiger partial charge in [-0.2, -0.15) is 5.10 Å². The second-order valence-corrected chi connectivity index (χ2v) is 3.97. The zero-order valence-electron chi connectivity index (χ0n) is 10.4. The number of hydrogen-bond acceptors (Lipinski definition) is 3. The summed E-state index contributed by atoms with van der Waals surface area (Å²) in [6.07, 6.45) is 1.84. The molecule has 1 aromatic carbocycles. The van der Waals surface area contributed by atoms with E-state index in [0.717, 1.165) is 23.7 Å². The summed E-state index contributed by atoms with van der Waals surface area (Å²) >= 11 is 0. The standard InChI is InChI=1S/C13H17N3O/c1-10-13(9-15-16(10)2)14-8-11-5-4-6-12(7-11)17-3/h4-7,9,14H,8H2,1-3H3. The SMILES string of the molecule is COc1cccc(CNc2cnn(C)c2C)c1. The Morgan fingerprint density at radius 2 is 2.24 bits per heavy atom. The first-order valence-electron chi connectivity index (χ1n) is 5.56. The Hall–Kier alpha value is -1.97. The van der Waals surface area contributed by atoms with Gasteiger partial charge in [0.15, 0.2) is 0 Å². The number of nitrogens with one attached hydrogen (secondary N) is 1. The van der Waals surface area contributed by atoms with Gasteiger partial charge in [-0.1, -0.05) is 12.1 Å². The summed E-state index contributed by atoms with van der Waals surface area (Å²) in [5.74, 6) is 0.882. The number of nitrogens with zero attached hydrogens (tertiary/aromatic N) is 2. The van der Waals surface area contributed by atoms with E-state index >= 15 is 0 Å². The summed E-state index contributed by atoms with van der Waals surface area (Å²) in [5, 5.41) is 7.55. The number of benzene rings is 1. The van der Waals surface area contributed by atoms with Crippen LogP contribution in [0, 0.1) is 6.92 Å². The quantitative estimate of drug-likeness (QED) is 0.878. The van der Waals surface area contributed by atoms with Crippen LogP contribution < -0.4 is 10.1 Å². The topological polar surface area (TPSA) is 39.1 Å². The Morgan fingerprint density at radius 1 is 1.41 bits per heavy atom. The van der Waals surface area contributed by atoms with Crippen LogP contribution >= 0.6 is 0 Å². The minimum Gasteiger partial charge on any atom is -0.497 e. The maximum Gasteiger partial charge on any atom is 0.119 e. The number of aromatic nitrogens is 2. The van der Waals surface area contributed by atoms with Crippen molar-refractivity contribution >= 4 is 5.69 Å². The highest BCUT2D eigenvalue weighted by Gasteiger charge is 2.03. The highest BCUT2D eigenvalue weighted by atomic mass is 16.5. The number of ether oxygens (including phenoxy) is 1. The maximum atomic E-state index is 5.19. The van der Waals surface area contributed by atoms with Crippen molar-refractivity contribution < 1.29 is 4.74 Å². The van der Waals surface area contributed by atoms with E-state index in [1.807, 2.05) is 43.0 Å². The zero-order chi connectivity index (χ0) is 12.3. The summed E-state index contributed by atoms with van der Waals surface area (Å²) in [4.78, 5) is 0. The zero-order valence-corrected chi connectivity index (χ0v) is 10.4. The molecule has 17 heavy (non-hydrogen) atoms. The Balaban J connectivity index is 2.04. The van der Waals surface area contributed by atoms with Crippen LogP contribution in [-0.2, 0) is 13.6 Å². The third-order valence-corrected chi connectivity index (χ3v) is 2.85. The molecule has 1 heterocycles. The summed E-state index contributed by atoms with van der Waals surface area (Å²) in [7, 11) is 3.61. The average molecular weight is 231 g/mol. The molecule has 2 aromatic rings. The molecule has 4 heteroatoms. The van der Waals surface area contributed by atoms with Gasteiger partial charge in [-0.05, 0) is 24.6 Å². The molecule has 0 radical (unpaired) electrons. The lowest BCUT2D eigenvalue weighted by atomic mass is 10.2. The van der Waals surface area contributed by atoms with Crippen LogP contribution in [-0.4, -0.2) is 16.9 Å². The van der Waals surface area contributed by atoms with Gasteiger partial charge in [0.05, 0.1) is 24.7 Å². The lowest BCUT2D eigenvalue weighted by Crippen LogP contribution is -2.01. The smallest absolute Gasteiger partial charge is 0.119 e. The van der Waals surface area contributed by atoms with E-state index in [9.17, 15) is 0 Å². The van der Waals surface area contributed by atoms with E-state index in [2.05, 4.69) is 16.5 Å². The van der Waals surface area contributed by atoms with Gasteiger partial charge in [-0.3, -0.25) is 4.68 Å². The van der Waals surface area contributed by atoms with Crippen molar-refractivity contribution in [1.82, 2.24) is 9.78 Å². The van der Waals surface area contributed by atoms with Crippen LogP contribution in [0.5, 0.6) is 5.75 Å². The minimum atomic E-state index is 0.768. The molecule has 0 unspecified atom stereocenters. The van der Waals surface area contributed by atoms with Crippen molar-refractivity contribution in [3.05, 3.63) is 41.7 Å². The molecule has 2 rings (SSSR count). The fraction of sp³-hybridized carbons (Fsp3) is 0.308. The second kappa shape index (κ2) is 4.91. The van der Waals surface area contributed by atoms with Crippen molar-refractivity contribution in [1.29, 1.82) is 0 Å². The molecule has 0 aliphatic heterocycles. The first-order chi connectivity index (χ1) is 8.20. The van der Waals surface area contributed by atoms with Gasteiger partial charge in [0.1, 0.15) is 5.75 Å². The molecule has 1 N–H and O–H groups in total. The molecule has 0 amide bonds. The van der Waals surface area contributed by atoms with Gasteiger partial charge in [0, 0.05) is 13.6 Å². The van der Waals surface area contributed by atoms with Gasteiger partial charge >= 0.3 is 0 Å². The monoisotopic (exact) mass is 231 g/mol. The number of anilines is 1. The maximum absolute atomic E-state index is 5.19. The first kappa shape index (κ1) is 11.5. The highest BCUT2D eigenvalue weighted by Crippen LogP contribution is 2.16. The van der Waals surface area contributed by atoms with E-state index in [1.54, 1.807) is 7.11 Å². The summed E-state index contributed by atoms with van der Waals surface area (Å²) in [5.41, 5.74) is 3.39. The third-order valence-electron chi connectivity index (χ3n) is 2.85. The molecule has 0 bridgehead atoms. The van der Waals surface area contributed by atoms with Crippen LogP contribution in [0.1, 0.15) is 11.3 Å². The normalized spacial score (nSPS) is 10.3. The molecule has 4 nitrogen and oxygen atoms in total. The van der Waals surface area contributed by atoms with E-state index in [4.69, 9.17) is 4.74 Å². The first-order valence-corrected chi connectivity index (χ1v) is 5.56. The van der Waals surface area contributed by atoms with Crippen molar-refractivity contribution in [2.45, 2.75) is 13.5 Å². The van der Waals surface area contributed by atoms with E-state index in [-0.39, 0.29) is 0 Å². The van der Waals surface area contributed by atoms with Gasteiger partial charge in [0.25, 0.3) is 0 Å². The van der Waals surface area contributed by atoms with Gasteiger partial charge in [-0.15, -0.1) is 0 Å². The highest BCUT2D eigenvalue weighted by molar-refractivity contribution is 5.46. The molecule has 0 aliphatic rings. The predicted molar refractivity (Wildman–Crippen MR) is 68.3 cm³/mol. The van der Waals surface area contributed by atoms with Crippen LogP contribution in [0.15, 0.2) is 30.5 Å². The fourth-order valence-electron chi connectivity index (χ4n) is 1.65. The van der Waals surface area contributed by atoms with Crippen molar-refractivity contribution in [3.8, 4) is 5.75 Å². The van der Waals surface area contributed by atoms with Crippen LogP contribution in [0.2, 0.25) is 0 Å². The van der Waals surface area contributed by atoms with E-state index < -0.39 is 0 Å². The predicted octanol–water partition coefficient (Wildman–Crippen LogP) is 2.35. The molecule has 0 aliphatic carbocycles. The summed E-state index contributed by atoms with van der Waals surface area (Å²) < 4.78 is 7.05. The lowest BCUT2D eigenvalue weighted by Gasteiger charge is -2.07. The van der Waals surface area contributed by atoms with Crippen LogP contribution in [0.4, 0.5) is 5.69 Å². The molecule has 0 saturated heterocycles. The third kappa shape index (κ3) is 2.58. The van der Waals surface area contributed by atoms with E-state index in [0.29, 0.717) is 0 Å². The Kier molecular flexibility index (Phi) is 3.32. The minimum absolute atomic E-state index is 0.768. The number of methoxy groups -OCH3 is 1. The Morgan fingerprint density at radius 3 is 2.88 bits per heavy atom. The Labute approximate surface area is 101 Å². The summed E-state index contributed by atoms with van der Waals surface area (Å²) in [6, 6.07) is 8.03. The van der Waals surface area contributed by atoms with Crippen molar-refractivity contribution in [3.63, 3.8) is 0 Å². The van der Waals surface area contributed by atoms with Crippen molar-refractivity contribution in [2.24, 2.45) is 7.05 Å². The second-order valence-electron chi connectivity index (χ2n) is 3.97. The van der Waals surface area contributed by atoms with Gasteiger partial charge in [0.2, 0.25) is 0 Å². The van der Waals surface area contributed by atoms with Crippen molar-refractivity contribution in [2.75, 3.05) is 12.4 Å². The largest absolute Gasteiger partial charge is 0.497 e. The van der Waals surface area contributed by atoms with Crippen LogP contribution in [0.3, 0.4) is 0 Å². The molecule has 0 fully saturated rings. The molecular formula is C13H17N3O. The van der Waals surface area contributed by atoms with Crippen LogP contribution in [0.25, 0.3) is 0 Å². The molecule has 0 saturated carbocycles. The lowest BCUT2D eigenvalue weighted by molar-refractivity contribution is 0.414. The van der Waals surface area contributed by atoms with E-state index in [1.165, 1.54) is 5.56 Å². The van der Waals surface area contributed by atoms with Gasteiger partial charge in [-0.25, -0.2) is 0 Å². The average Bonchev–Trinajstić information content (AvgIpc) is 2.68. The molecule has 1 aromatic heterocycles. The molecular weight excluding hydrogens is 214 g/mol. The molecule has 90 valence electrons. The Bertz CT molecular complexity index is 505. The molecule has 0 spiro atoms. The summed E-state index contributed by atoms with van der Waals surface area (Å²) in [6.45, 7) is 2.81. The number of rotatable bonds is 4. The number of aryl methyl sites for hydroxylation is 1. The van der Waals surface area contributed by atoms with Gasteiger partial charge < -0.3 is 10.1 Å². The fourth-order valence-corrected chi connectivity index (χ4v) is 1.65.